The van der Waals surface area contributed by atoms with Crippen LogP contribution in [-0.2, 0) is 16.8 Å². The number of hydrogen-bond donors (Lipinski definition) is 1. The topological polar surface area (TPSA) is 64.9 Å². The number of aromatic nitrogens is 4. The van der Waals surface area contributed by atoms with Crippen LogP contribution in [0.4, 0.5) is 13.2 Å². The third-order valence-electron chi connectivity index (χ3n) is 3.60. The van der Waals surface area contributed by atoms with Crippen molar-refractivity contribution in [2.24, 2.45) is 5.92 Å². The van der Waals surface area contributed by atoms with Crippen LogP contribution >= 0.6 is 0 Å². The minimum atomic E-state index is -4.42. The molecule has 0 spiro atoms. The van der Waals surface area contributed by atoms with Crippen LogP contribution in [0.5, 0.6) is 0 Å². The second kappa shape index (κ2) is 4.41. The molecular formula is C10H14F3N5O. The van der Waals surface area contributed by atoms with Crippen molar-refractivity contribution in [3.05, 3.63) is 5.82 Å². The molecule has 1 N–H and O–H groups in total. The van der Waals surface area contributed by atoms with Crippen LogP contribution in [0.1, 0.15) is 18.7 Å². The molecule has 0 amide bonds. The number of alkyl halides is 3. The summed E-state index contributed by atoms with van der Waals surface area (Å²) < 4.78 is 44.8. The zero-order chi connectivity index (χ0) is 13.5. The van der Waals surface area contributed by atoms with Crippen molar-refractivity contribution in [1.29, 1.82) is 0 Å². The summed E-state index contributed by atoms with van der Waals surface area (Å²) in [6, 6.07) is 0. The number of ether oxygens (including phenoxy) is 1. The van der Waals surface area contributed by atoms with Crippen molar-refractivity contribution in [2.45, 2.75) is 31.1 Å². The maximum absolute atomic E-state index is 13.3. The van der Waals surface area contributed by atoms with Crippen LogP contribution in [0.15, 0.2) is 0 Å². The van der Waals surface area contributed by atoms with Crippen molar-refractivity contribution in [3.63, 3.8) is 0 Å². The van der Waals surface area contributed by atoms with E-state index in [1.807, 2.05) is 0 Å². The fourth-order valence-corrected chi connectivity index (χ4v) is 2.42. The van der Waals surface area contributed by atoms with E-state index in [4.69, 9.17) is 4.74 Å². The zero-order valence-corrected chi connectivity index (χ0v) is 10.2. The fraction of sp³-hybridized carbons (Fsp3) is 0.900. The molecule has 2 saturated heterocycles. The Morgan fingerprint density at radius 1 is 1.42 bits per heavy atom. The molecule has 1 aromatic heterocycles. The first-order valence-corrected chi connectivity index (χ1v) is 6.19. The Bertz CT molecular complexity index is 450. The fourth-order valence-electron chi connectivity index (χ4n) is 2.42. The van der Waals surface area contributed by atoms with E-state index in [-0.39, 0.29) is 18.2 Å². The van der Waals surface area contributed by atoms with E-state index in [0.717, 1.165) is 0 Å². The van der Waals surface area contributed by atoms with E-state index >= 15 is 0 Å². The van der Waals surface area contributed by atoms with E-state index in [1.54, 1.807) is 0 Å². The summed E-state index contributed by atoms with van der Waals surface area (Å²) in [6.07, 6.45) is -4.02. The number of halogens is 3. The summed E-state index contributed by atoms with van der Waals surface area (Å²) in [6.45, 7) is 1.95. The van der Waals surface area contributed by atoms with E-state index in [1.165, 1.54) is 4.80 Å². The molecule has 1 unspecified atom stereocenters. The van der Waals surface area contributed by atoms with Crippen LogP contribution in [0.2, 0.25) is 0 Å². The Labute approximate surface area is 107 Å². The lowest BCUT2D eigenvalue weighted by Gasteiger charge is -2.28. The summed E-state index contributed by atoms with van der Waals surface area (Å²) in [5.41, 5.74) is -2.14. The van der Waals surface area contributed by atoms with Crippen molar-refractivity contribution >= 4 is 0 Å². The quantitative estimate of drug-likeness (QED) is 0.869. The number of nitrogens with one attached hydrogen (secondary N) is 1. The molecule has 0 radical (unpaired) electrons. The third kappa shape index (κ3) is 2.10. The summed E-state index contributed by atoms with van der Waals surface area (Å²) >= 11 is 0. The van der Waals surface area contributed by atoms with E-state index in [9.17, 15) is 13.2 Å². The van der Waals surface area contributed by atoms with E-state index in [2.05, 4.69) is 20.7 Å². The molecule has 9 heteroatoms. The number of nitrogens with zero attached hydrogens (tertiary/aromatic N) is 4. The van der Waals surface area contributed by atoms with Crippen molar-refractivity contribution in [3.8, 4) is 0 Å². The van der Waals surface area contributed by atoms with Gasteiger partial charge in [-0.1, -0.05) is 0 Å². The largest absolute Gasteiger partial charge is 0.414 e. The molecule has 2 aliphatic heterocycles. The second-order valence-electron chi connectivity index (χ2n) is 5.00. The van der Waals surface area contributed by atoms with Gasteiger partial charge in [0.05, 0.1) is 19.8 Å². The molecule has 1 atom stereocenters. The average molecular weight is 277 g/mol. The molecule has 106 valence electrons. The van der Waals surface area contributed by atoms with E-state index in [0.29, 0.717) is 32.7 Å². The molecule has 6 nitrogen and oxygen atoms in total. The SMILES string of the molecule is FC(F)(F)C1(c2nnn(CC3COC3)n2)CCCN1. The van der Waals surface area contributed by atoms with Gasteiger partial charge in [-0.2, -0.15) is 18.0 Å². The van der Waals surface area contributed by atoms with Gasteiger partial charge < -0.3 is 4.74 Å². The van der Waals surface area contributed by atoms with Gasteiger partial charge in [-0.3, -0.25) is 5.32 Å². The Morgan fingerprint density at radius 2 is 2.21 bits per heavy atom. The highest BCUT2D eigenvalue weighted by Gasteiger charge is 2.60. The number of tetrazole rings is 1. The monoisotopic (exact) mass is 277 g/mol. The lowest BCUT2D eigenvalue weighted by atomic mass is 9.96. The normalized spacial score (nSPS) is 28.6. The highest BCUT2D eigenvalue weighted by Crippen LogP contribution is 2.43. The maximum Gasteiger partial charge on any atom is 0.414 e. The highest BCUT2D eigenvalue weighted by atomic mass is 19.4. The number of rotatable bonds is 3. The minimum absolute atomic E-state index is 0.0469. The van der Waals surface area contributed by atoms with Crippen molar-refractivity contribution in [2.75, 3.05) is 19.8 Å². The summed E-state index contributed by atoms with van der Waals surface area (Å²) in [5.74, 6) is -0.0156. The summed E-state index contributed by atoms with van der Waals surface area (Å²) in [4.78, 5) is 1.23. The first-order valence-electron chi connectivity index (χ1n) is 6.19. The molecular weight excluding hydrogens is 263 g/mol. The van der Waals surface area contributed by atoms with Gasteiger partial charge in [0.2, 0.25) is 5.82 Å². The van der Waals surface area contributed by atoms with Gasteiger partial charge in [0.15, 0.2) is 5.54 Å². The molecule has 2 aliphatic rings. The van der Waals surface area contributed by atoms with Crippen molar-refractivity contribution in [1.82, 2.24) is 25.5 Å². The molecule has 19 heavy (non-hydrogen) atoms. The van der Waals surface area contributed by atoms with Crippen LogP contribution in [0.3, 0.4) is 0 Å². The van der Waals surface area contributed by atoms with Gasteiger partial charge in [-0.05, 0) is 24.6 Å². The van der Waals surface area contributed by atoms with Gasteiger partial charge in [-0.15, -0.1) is 10.2 Å². The van der Waals surface area contributed by atoms with Gasteiger partial charge in [0, 0.05) is 5.92 Å². The maximum atomic E-state index is 13.3. The predicted octanol–water partition coefficient (Wildman–Crippen LogP) is 0.460. The standard InChI is InChI=1S/C10H14F3N5O/c11-10(12,13)9(2-1-3-14-9)8-15-17-18(16-8)4-7-5-19-6-7/h7,14H,1-6H2. The van der Waals surface area contributed by atoms with Crippen molar-refractivity contribution < 1.29 is 17.9 Å². The lowest BCUT2D eigenvalue weighted by molar-refractivity contribution is -0.198. The van der Waals surface area contributed by atoms with E-state index < -0.39 is 11.7 Å². The van der Waals surface area contributed by atoms with Gasteiger partial charge in [0.1, 0.15) is 0 Å². The Morgan fingerprint density at radius 3 is 2.74 bits per heavy atom. The average Bonchev–Trinajstić information content (AvgIpc) is 2.91. The zero-order valence-electron chi connectivity index (χ0n) is 10.2. The van der Waals surface area contributed by atoms with Gasteiger partial charge in [0.25, 0.3) is 0 Å². The molecule has 0 aromatic carbocycles. The first kappa shape index (κ1) is 12.8. The molecule has 3 heterocycles. The second-order valence-corrected chi connectivity index (χ2v) is 5.00. The predicted molar refractivity (Wildman–Crippen MR) is 57.1 cm³/mol. The Hall–Kier alpha value is -1.22. The third-order valence-corrected chi connectivity index (χ3v) is 3.60. The Balaban J connectivity index is 1.83. The van der Waals surface area contributed by atoms with Gasteiger partial charge in [-0.25, -0.2) is 0 Å². The number of hydrogen-bond acceptors (Lipinski definition) is 5. The molecule has 0 saturated carbocycles. The Kier molecular flexibility index (Phi) is 2.97. The summed E-state index contributed by atoms with van der Waals surface area (Å²) in [5, 5.41) is 13.7. The molecule has 0 bridgehead atoms. The van der Waals surface area contributed by atoms with Crippen LogP contribution in [0.25, 0.3) is 0 Å². The van der Waals surface area contributed by atoms with Crippen LogP contribution < -0.4 is 5.32 Å². The first-order chi connectivity index (χ1) is 9.01. The highest BCUT2D eigenvalue weighted by molar-refractivity contribution is 5.11. The summed E-state index contributed by atoms with van der Waals surface area (Å²) in [7, 11) is 0. The van der Waals surface area contributed by atoms with Gasteiger partial charge >= 0.3 is 6.18 Å². The molecule has 1 aromatic rings. The minimum Gasteiger partial charge on any atom is -0.381 e. The lowest BCUT2D eigenvalue weighted by Crippen LogP contribution is -2.51. The van der Waals surface area contributed by atoms with Crippen LogP contribution in [-0.4, -0.2) is 46.1 Å². The molecule has 0 aliphatic carbocycles. The molecule has 3 rings (SSSR count). The smallest absolute Gasteiger partial charge is 0.381 e. The molecule has 2 fully saturated rings. The van der Waals surface area contributed by atoms with Crippen LogP contribution in [0, 0.1) is 5.92 Å².